The van der Waals surface area contributed by atoms with Crippen molar-refractivity contribution < 1.29 is 32.3 Å². The molecule has 3 amide bonds. The third-order valence-corrected chi connectivity index (χ3v) is 9.52. The van der Waals surface area contributed by atoms with Gasteiger partial charge in [0.15, 0.2) is 0 Å². The van der Waals surface area contributed by atoms with Gasteiger partial charge in [0.05, 0.1) is 36.3 Å². The van der Waals surface area contributed by atoms with Crippen molar-refractivity contribution in [2.24, 2.45) is 17.0 Å². The number of amides is 3. The van der Waals surface area contributed by atoms with Gasteiger partial charge < -0.3 is 19.7 Å². The molecule has 6 atom stereocenters. The van der Waals surface area contributed by atoms with Gasteiger partial charge in [-0.3, -0.25) is 19.1 Å². The van der Waals surface area contributed by atoms with Gasteiger partial charge in [-0.15, -0.1) is 0 Å². The molecular formula is C30H48N6O7S. The summed E-state index contributed by atoms with van der Waals surface area (Å²) in [7, 11) is -0.933. The van der Waals surface area contributed by atoms with Crippen molar-refractivity contribution in [3.8, 4) is 0 Å². The van der Waals surface area contributed by atoms with E-state index in [2.05, 4.69) is 29.2 Å². The Bertz CT molecular complexity index is 1230. The predicted octanol–water partition coefficient (Wildman–Crippen LogP) is 3.34. The molecule has 0 aromatic heterocycles. The van der Waals surface area contributed by atoms with Crippen LogP contribution in [0.15, 0.2) is 35.4 Å². The second kappa shape index (κ2) is 18.6. The molecule has 44 heavy (non-hydrogen) atoms. The zero-order valence-electron chi connectivity index (χ0n) is 26.5. The third kappa shape index (κ3) is 11.7. The number of likely N-dealkylation sites (tertiary alicyclic amines) is 1. The van der Waals surface area contributed by atoms with E-state index < -0.39 is 45.7 Å². The quantitative estimate of drug-likeness (QED) is 0.101. The Labute approximate surface area is 261 Å². The zero-order chi connectivity index (χ0) is 32.7. The zero-order valence-corrected chi connectivity index (χ0v) is 27.3. The highest BCUT2D eigenvalue weighted by Crippen LogP contribution is 2.28. The minimum absolute atomic E-state index is 0.0314. The molecule has 2 rings (SSSR count). The molecule has 1 fully saturated rings. The number of carbonyl (C=O) groups excluding carboxylic acids is 3. The molecule has 1 aromatic carbocycles. The molecule has 1 aliphatic rings. The summed E-state index contributed by atoms with van der Waals surface area (Å²) in [5.74, 6) is -2.19. The number of benzene rings is 1. The van der Waals surface area contributed by atoms with Gasteiger partial charge in [-0.1, -0.05) is 62.6 Å². The van der Waals surface area contributed by atoms with E-state index in [0.717, 1.165) is 24.8 Å². The maximum absolute atomic E-state index is 13.6. The van der Waals surface area contributed by atoms with Gasteiger partial charge in [-0.25, -0.2) is 8.42 Å². The lowest BCUT2D eigenvalue weighted by Gasteiger charge is -2.35. The minimum atomic E-state index is -4.04. The second-order valence-corrected chi connectivity index (χ2v) is 13.3. The van der Waals surface area contributed by atoms with Gasteiger partial charge in [-0.05, 0) is 42.7 Å². The molecule has 1 aliphatic heterocycles. The Morgan fingerprint density at radius 2 is 1.84 bits per heavy atom. The molecule has 0 radical (unpaired) electrons. The SMILES string of the molecule is CCC(C)CC(CC(=O)N1CCC[C@H]1[C@H](OC)[C@@H](C)C(=O)N[C@@H](Cc1ccccc1)C(=O)NS(=O)(=O)CCCN=[N+]=[N-])OC. The van der Waals surface area contributed by atoms with Crippen LogP contribution in [-0.4, -0.2) is 88.4 Å². The Hall–Kier alpha value is -3.19. The minimum Gasteiger partial charge on any atom is -0.381 e. The van der Waals surface area contributed by atoms with Crippen LogP contribution >= 0.6 is 0 Å². The van der Waals surface area contributed by atoms with Gasteiger partial charge >= 0.3 is 0 Å². The number of rotatable bonds is 19. The number of carbonyl (C=O) groups is 3. The summed E-state index contributed by atoms with van der Waals surface area (Å²) in [5.41, 5.74) is 9.12. The van der Waals surface area contributed by atoms with E-state index >= 15 is 0 Å². The van der Waals surface area contributed by atoms with Crippen LogP contribution < -0.4 is 10.0 Å². The fraction of sp³-hybridized carbons (Fsp3) is 0.700. The number of ether oxygens (including phenoxy) is 2. The molecule has 13 nitrogen and oxygen atoms in total. The predicted molar refractivity (Wildman–Crippen MR) is 167 cm³/mol. The highest BCUT2D eigenvalue weighted by molar-refractivity contribution is 7.90. The number of hydrogen-bond donors (Lipinski definition) is 2. The first-order chi connectivity index (χ1) is 21.0. The normalized spacial score (nSPS) is 18.4. The van der Waals surface area contributed by atoms with E-state index in [-0.39, 0.29) is 43.9 Å². The maximum atomic E-state index is 13.6. The molecule has 2 N–H and O–H groups in total. The second-order valence-electron chi connectivity index (χ2n) is 11.4. The average molecular weight is 637 g/mol. The Morgan fingerprint density at radius 3 is 2.45 bits per heavy atom. The van der Waals surface area contributed by atoms with Crippen molar-refractivity contribution in [2.45, 2.75) is 90.0 Å². The Morgan fingerprint density at radius 1 is 1.14 bits per heavy atom. The van der Waals surface area contributed by atoms with E-state index in [9.17, 15) is 22.8 Å². The van der Waals surface area contributed by atoms with Crippen LogP contribution in [-0.2, 0) is 40.3 Å². The van der Waals surface area contributed by atoms with E-state index in [4.69, 9.17) is 15.0 Å². The molecule has 0 bridgehead atoms. The molecule has 0 aliphatic carbocycles. The average Bonchev–Trinajstić information content (AvgIpc) is 3.48. The van der Waals surface area contributed by atoms with Gasteiger partial charge in [0.25, 0.3) is 5.91 Å². The van der Waals surface area contributed by atoms with Gasteiger partial charge in [0.1, 0.15) is 6.04 Å². The summed E-state index contributed by atoms with van der Waals surface area (Å²) in [6.07, 6.45) is 2.68. The monoisotopic (exact) mass is 636 g/mol. The van der Waals surface area contributed by atoms with Crippen LogP contribution in [0, 0.1) is 11.8 Å². The van der Waals surface area contributed by atoms with E-state index in [1.807, 2.05) is 10.8 Å². The van der Waals surface area contributed by atoms with Gasteiger partial charge in [-0.2, -0.15) is 0 Å². The molecule has 14 heteroatoms. The number of azide groups is 1. The Kier molecular flexibility index (Phi) is 15.6. The van der Waals surface area contributed by atoms with E-state index in [0.29, 0.717) is 18.9 Å². The summed E-state index contributed by atoms with van der Waals surface area (Å²) in [5, 5.41) is 6.04. The van der Waals surface area contributed by atoms with Crippen molar-refractivity contribution in [3.63, 3.8) is 0 Å². The van der Waals surface area contributed by atoms with Crippen molar-refractivity contribution in [1.29, 1.82) is 0 Å². The summed E-state index contributed by atoms with van der Waals surface area (Å²) < 4.78 is 38.5. The molecule has 2 unspecified atom stereocenters. The van der Waals surface area contributed by atoms with E-state index in [1.54, 1.807) is 43.2 Å². The number of sulfonamides is 1. The van der Waals surface area contributed by atoms with Crippen LogP contribution in [0.5, 0.6) is 0 Å². The molecule has 246 valence electrons. The van der Waals surface area contributed by atoms with Crippen LogP contribution in [0.4, 0.5) is 0 Å². The lowest BCUT2D eigenvalue weighted by Crippen LogP contribution is -2.54. The number of nitrogens with zero attached hydrogens (tertiary/aromatic N) is 4. The lowest BCUT2D eigenvalue weighted by atomic mass is 9.93. The first-order valence-electron chi connectivity index (χ1n) is 15.2. The first-order valence-corrected chi connectivity index (χ1v) is 16.9. The third-order valence-electron chi connectivity index (χ3n) is 8.18. The highest BCUT2D eigenvalue weighted by atomic mass is 32.2. The number of nitrogens with one attached hydrogen (secondary N) is 2. The maximum Gasteiger partial charge on any atom is 0.256 e. The highest BCUT2D eigenvalue weighted by Gasteiger charge is 2.41. The summed E-state index contributed by atoms with van der Waals surface area (Å²) in [6, 6.07) is 7.39. The van der Waals surface area contributed by atoms with Crippen molar-refractivity contribution in [1.82, 2.24) is 14.9 Å². The molecule has 1 aromatic rings. The number of hydrogen-bond acceptors (Lipinski definition) is 8. The first kappa shape index (κ1) is 37.0. The summed E-state index contributed by atoms with van der Waals surface area (Å²) in [4.78, 5) is 44.5. The molecule has 0 saturated carbocycles. The molecule has 1 saturated heterocycles. The van der Waals surface area contributed by atoms with Gasteiger partial charge in [0, 0.05) is 38.6 Å². The fourth-order valence-corrected chi connectivity index (χ4v) is 6.55. The van der Waals surface area contributed by atoms with Crippen molar-refractivity contribution in [3.05, 3.63) is 46.3 Å². The standard InChI is InChI=1S/C30H48N6O7S/c1-6-21(2)18-24(42-4)20-27(37)36-16-10-14-26(36)28(43-5)22(3)29(38)33-25(19-23-12-8-7-9-13-23)30(39)34-44(40,41)17-11-15-32-35-31/h7-9,12-13,21-22,24-26,28H,6,10-11,14-20H2,1-5H3,(H,33,38)(H,34,39)/t21?,22-,24?,25+,26+,28-/m1/s1. The van der Waals surface area contributed by atoms with Crippen molar-refractivity contribution in [2.75, 3.05) is 33.1 Å². The van der Waals surface area contributed by atoms with Crippen LogP contribution in [0.25, 0.3) is 10.4 Å². The van der Waals surface area contributed by atoms with Crippen LogP contribution in [0.1, 0.15) is 64.9 Å². The smallest absolute Gasteiger partial charge is 0.256 e. The molecular weight excluding hydrogens is 588 g/mol. The molecule has 0 spiro atoms. The number of methoxy groups -OCH3 is 2. The topological polar surface area (TPSA) is 180 Å². The van der Waals surface area contributed by atoms with Crippen LogP contribution in [0.3, 0.4) is 0 Å². The van der Waals surface area contributed by atoms with Crippen LogP contribution in [0.2, 0.25) is 0 Å². The summed E-state index contributed by atoms with van der Waals surface area (Å²) in [6.45, 7) is 6.43. The largest absolute Gasteiger partial charge is 0.381 e. The lowest BCUT2D eigenvalue weighted by molar-refractivity contribution is -0.142. The Balaban J connectivity index is 2.17. The van der Waals surface area contributed by atoms with E-state index in [1.165, 1.54) is 7.11 Å². The van der Waals surface area contributed by atoms with Crippen molar-refractivity contribution >= 4 is 27.7 Å². The summed E-state index contributed by atoms with van der Waals surface area (Å²) >= 11 is 0. The molecule has 1 heterocycles. The van der Waals surface area contributed by atoms with Gasteiger partial charge in [0.2, 0.25) is 21.8 Å². The fourth-order valence-electron chi connectivity index (χ4n) is 5.49.